The van der Waals surface area contributed by atoms with Gasteiger partial charge >= 0.3 is 0 Å². The Kier molecular flexibility index (Phi) is 4.68. The van der Waals surface area contributed by atoms with Crippen LogP contribution >= 0.6 is 11.3 Å². The second-order valence-electron chi connectivity index (χ2n) is 4.55. The fourth-order valence-corrected chi connectivity index (χ4v) is 4.63. The second kappa shape index (κ2) is 6.12. The van der Waals surface area contributed by atoms with E-state index in [9.17, 15) is 13.2 Å². The van der Waals surface area contributed by atoms with Crippen molar-refractivity contribution in [1.29, 1.82) is 0 Å². The number of hydrogen-bond donors (Lipinski definition) is 2. The molecule has 2 heterocycles. The van der Waals surface area contributed by atoms with Gasteiger partial charge in [0.05, 0.1) is 0 Å². The Balaban J connectivity index is 2.17. The molecule has 20 heavy (non-hydrogen) atoms. The van der Waals surface area contributed by atoms with Gasteiger partial charge in [-0.1, -0.05) is 11.3 Å². The molecule has 1 aromatic rings. The lowest BCUT2D eigenvalue weighted by molar-refractivity contribution is -0.114. The summed E-state index contributed by atoms with van der Waals surface area (Å²) in [5.41, 5.74) is 0. The molecule has 8 nitrogen and oxygen atoms in total. The molecule has 1 saturated heterocycles. The Bertz CT molecular complexity index is 585. The lowest BCUT2D eigenvalue weighted by Gasteiger charge is -2.30. The number of hydrogen-bond acceptors (Lipinski definition) is 7. The maximum Gasteiger partial charge on any atom is 0.272 e. The van der Waals surface area contributed by atoms with E-state index in [1.54, 1.807) is 0 Å². The van der Waals surface area contributed by atoms with E-state index in [-0.39, 0.29) is 21.4 Å². The standard InChI is InChI=1S/C10H17N5O3S2/c1-7(16)12-9-13-14-10(19-9)20(17,18)15-5-3-4-8(6-15)11-2/h8,11H,3-6H2,1-2H3,(H,12,13,16). The molecule has 1 amide bonds. The van der Waals surface area contributed by atoms with Gasteiger partial charge in [0, 0.05) is 26.1 Å². The summed E-state index contributed by atoms with van der Waals surface area (Å²) in [5.74, 6) is -0.307. The molecule has 10 heteroatoms. The van der Waals surface area contributed by atoms with Gasteiger partial charge in [0.2, 0.25) is 15.4 Å². The van der Waals surface area contributed by atoms with Gasteiger partial charge in [-0.15, -0.1) is 10.2 Å². The van der Waals surface area contributed by atoms with E-state index in [4.69, 9.17) is 0 Å². The van der Waals surface area contributed by atoms with Crippen molar-refractivity contribution in [2.45, 2.75) is 30.1 Å². The molecule has 1 aliphatic heterocycles. The predicted molar refractivity (Wildman–Crippen MR) is 75.1 cm³/mol. The lowest BCUT2D eigenvalue weighted by atomic mass is 10.1. The molecule has 0 radical (unpaired) electrons. The average molecular weight is 319 g/mol. The molecule has 0 aliphatic carbocycles. The largest absolute Gasteiger partial charge is 0.316 e. The monoisotopic (exact) mass is 319 g/mol. The summed E-state index contributed by atoms with van der Waals surface area (Å²) in [6.45, 7) is 2.24. The molecule has 1 fully saturated rings. The molecular formula is C10H17N5O3S2. The Labute approximate surface area is 121 Å². The third-order valence-corrected chi connectivity index (χ3v) is 6.09. The van der Waals surface area contributed by atoms with Crippen LogP contribution in [-0.2, 0) is 14.8 Å². The van der Waals surface area contributed by atoms with Crippen LogP contribution in [0.5, 0.6) is 0 Å². The molecule has 112 valence electrons. The minimum absolute atomic E-state index is 0.0852. The van der Waals surface area contributed by atoms with Gasteiger partial charge in [-0.05, 0) is 19.9 Å². The highest BCUT2D eigenvalue weighted by atomic mass is 32.2. The second-order valence-corrected chi connectivity index (χ2v) is 7.63. The number of rotatable bonds is 4. The highest BCUT2D eigenvalue weighted by Gasteiger charge is 2.32. The molecule has 0 saturated carbocycles. The first kappa shape index (κ1) is 15.3. The number of carbonyl (C=O) groups excluding carboxylic acids is 1. The van der Waals surface area contributed by atoms with Crippen molar-refractivity contribution in [2.24, 2.45) is 0 Å². The number of anilines is 1. The summed E-state index contributed by atoms with van der Waals surface area (Å²) in [4.78, 5) is 10.9. The third-order valence-electron chi connectivity index (χ3n) is 3.04. The zero-order chi connectivity index (χ0) is 14.8. The molecule has 0 bridgehead atoms. The van der Waals surface area contributed by atoms with Gasteiger partial charge in [-0.2, -0.15) is 4.31 Å². The van der Waals surface area contributed by atoms with E-state index >= 15 is 0 Å². The maximum absolute atomic E-state index is 12.4. The average Bonchev–Trinajstić information content (AvgIpc) is 2.87. The van der Waals surface area contributed by atoms with Gasteiger partial charge in [-0.25, -0.2) is 8.42 Å². The van der Waals surface area contributed by atoms with Crippen LogP contribution in [0.25, 0.3) is 0 Å². The molecule has 2 N–H and O–H groups in total. The smallest absolute Gasteiger partial charge is 0.272 e. The summed E-state index contributed by atoms with van der Waals surface area (Å²) in [5, 5.41) is 13.1. The van der Waals surface area contributed by atoms with Crippen LogP contribution in [0.3, 0.4) is 0 Å². The van der Waals surface area contributed by atoms with Crippen molar-refractivity contribution < 1.29 is 13.2 Å². The fourth-order valence-electron chi connectivity index (χ4n) is 2.02. The maximum atomic E-state index is 12.4. The minimum Gasteiger partial charge on any atom is -0.316 e. The van der Waals surface area contributed by atoms with E-state index < -0.39 is 10.0 Å². The molecule has 1 aliphatic rings. The highest BCUT2D eigenvalue weighted by molar-refractivity contribution is 7.91. The van der Waals surface area contributed by atoms with Crippen LogP contribution in [0.15, 0.2) is 4.34 Å². The van der Waals surface area contributed by atoms with Crippen molar-refractivity contribution in [1.82, 2.24) is 19.8 Å². The quantitative estimate of drug-likeness (QED) is 0.749. The first-order valence-electron chi connectivity index (χ1n) is 6.22. The molecular weight excluding hydrogens is 302 g/mol. The fraction of sp³-hybridized carbons (Fsp3) is 0.700. The van der Waals surface area contributed by atoms with Crippen molar-refractivity contribution in [2.75, 3.05) is 25.5 Å². The molecule has 0 aromatic carbocycles. The van der Waals surface area contributed by atoms with E-state index in [0.717, 1.165) is 24.2 Å². The Morgan fingerprint density at radius 2 is 2.20 bits per heavy atom. The van der Waals surface area contributed by atoms with Gasteiger partial charge < -0.3 is 10.6 Å². The van der Waals surface area contributed by atoms with Crippen LogP contribution in [0.4, 0.5) is 5.13 Å². The van der Waals surface area contributed by atoms with Gasteiger partial charge in [0.15, 0.2) is 0 Å². The van der Waals surface area contributed by atoms with E-state index in [2.05, 4.69) is 20.8 Å². The molecule has 1 atom stereocenters. The van der Waals surface area contributed by atoms with Crippen molar-refractivity contribution in [3.63, 3.8) is 0 Å². The normalized spacial score (nSPS) is 20.8. The Hall–Kier alpha value is -1.10. The lowest BCUT2D eigenvalue weighted by Crippen LogP contribution is -2.46. The van der Waals surface area contributed by atoms with E-state index in [1.807, 2.05) is 7.05 Å². The number of amides is 1. The number of nitrogens with one attached hydrogen (secondary N) is 2. The first-order valence-corrected chi connectivity index (χ1v) is 8.47. The number of carbonyl (C=O) groups is 1. The number of sulfonamides is 1. The molecule has 0 spiro atoms. The Morgan fingerprint density at radius 1 is 1.45 bits per heavy atom. The summed E-state index contributed by atoms with van der Waals surface area (Å²) < 4.78 is 26.2. The van der Waals surface area contributed by atoms with Gasteiger partial charge in [0.1, 0.15) is 0 Å². The van der Waals surface area contributed by atoms with Crippen LogP contribution in [0.1, 0.15) is 19.8 Å². The van der Waals surface area contributed by atoms with Gasteiger partial charge in [-0.3, -0.25) is 4.79 Å². The Morgan fingerprint density at radius 3 is 2.85 bits per heavy atom. The van der Waals surface area contributed by atoms with Crippen LogP contribution in [0.2, 0.25) is 0 Å². The van der Waals surface area contributed by atoms with E-state index in [1.165, 1.54) is 11.2 Å². The van der Waals surface area contributed by atoms with Gasteiger partial charge in [0.25, 0.3) is 10.0 Å². The van der Waals surface area contributed by atoms with Crippen LogP contribution in [-0.4, -0.2) is 55.0 Å². The zero-order valence-electron chi connectivity index (χ0n) is 11.3. The zero-order valence-corrected chi connectivity index (χ0v) is 12.9. The third kappa shape index (κ3) is 3.32. The van der Waals surface area contributed by atoms with Crippen LogP contribution in [0, 0.1) is 0 Å². The summed E-state index contributed by atoms with van der Waals surface area (Å²) in [6.07, 6.45) is 1.76. The number of likely N-dealkylation sites (N-methyl/N-ethyl adjacent to an activating group) is 1. The highest BCUT2D eigenvalue weighted by Crippen LogP contribution is 2.25. The summed E-state index contributed by atoms with van der Waals surface area (Å²) in [7, 11) is -1.81. The predicted octanol–water partition coefficient (Wildman–Crippen LogP) is -0.131. The van der Waals surface area contributed by atoms with Crippen LogP contribution < -0.4 is 10.6 Å². The molecule has 1 unspecified atom stereocenters. The first-order chi connectivity index (χ1) is 9.43. The van der Waals surface area contributed by atoms with Crippen molar-refractivity contribution in [3.05, 3.63) is 0 Å². The molecule has 1 aromatic heterocycles. The SMILES string of the molecule is CNC1CCCN(S(=O)(=O)c2nnc(NC(C)=O)s2)C1. The molecule has 2 rings (SSSR count). The number of aromatic nitrogens is 2. The summed E-state index contributed by atoms with van der Waals surface area (Å²) >= 11 is 0.866. The van der Waals surface area contributed by atoms with Crippen molar-refractivity contribution >= 4 is 32.4 Å². The van der Waals surface area contributed by atoms with E-state index in [0.29, 0.717) is 13.1 Å². The minimum atomic E-state index is -3.63. The number of piperidine rings is 1. The number of nitrogens with zero attached hydrogens (tertiary/aromatic N) is 3. The van der Waals surface area contributed by atoms with Crippen molar-refractivity contribution in [3.8, 4) is 0 Å². The topological polar surface area (TPSA) is 104 Å². The summed E-state index contributed by atoms with van der Waals surface area (Å²) in [6, 6.07) is 0.154.